The lowest BCUT2D eigenvalue weighted by Crippen LogP contribution is -2.39. The first-order valence-corrected chi connectivity index (χ1v) is 11.0. The number of hydrazone groups is 1. The molecule has 0 aliphatic carbocycles. The normalized spacial score (nSPS) is 20.3. The molecule has 2 atom stereocenters. The van der Waals surface area contributed by atoms with Gasteiger partial charge in [0.2, 0.25) is 5.91 Å². The van der Waals surface area contributed by atoms with Crippen molar-refractivity contribution in [2.75, 3.05) is 9.91 Å². The van der Waals surface area contributed by atoms with Gasteiger partial charge in [-0.2, -0.15) is 5.10 Å². The Kier molecular flexibility index (Phi) is 5.08. The quantitative estimate of drug-likeness (QED) is 0.431. The molecule has 0 N–H and O–H groups in total. The third-order valence-corrected chi connectivity index (χ3v) is 6.43. The number of benzene rings is 3. The van der Waals surface area contributed by atoms with Gasteiger partial charge in [-0.15, -0.1) is 0 Å². The second-order valence-corrected chi connectivity index (χ2v) is 8.96. The minimum Gasteiger partial charge on any atom is -0.273 e. The summed E-state index contributed by atoms with van der Waals surface area (Å²) in [5, 5.41) is 7.02. The number of fused-ring (bicyclic) bond motifs is 1. The molecule has 0 spiro atoms. The van der Waals surface area contributed by atoms with Gasteiger partial charge >= 0.3 is 0 Å². The molecule has 0 bridgehead atoms. The molecule has 3 aromatic rings. The lowest BCUT2D eigenvalue weighted by Gasteiger charge is -2.22. The molecule has 0 unspecified atom stereocenters. The highest BCUT2D eigenvalue weighted by Crippen LogP contribution is 2.41. The number of nitrogens with zero attached hydrogens (tertiary/aromatic N) is 3. The standard InChI is InChI=1S/C23H14BrCl2N3O2/c24-14-8-6-13(7-9-14)20-19-21(29(27-20)16-4-2-1-3-5-16)23(31)28(22(19)30)18-11-10-15(25)12-17(18)26/h1-12,19,21H/t19-,21+/m1/s1. The van der Waals surface area contributed by atoms with Crippen LogP contribution in [0.15, 0.2) is 82.4 Å². The Morgan fingerprint density at radius 2 is 1.58 bits per heavy atom. The van der Waals surface area contributed by atoms with E-state index in [4.69, 9.17) is 28.3 Å². The Balaban J connectivity index is 1.64. The molecule has 1 saturated heterocycles. The van der Waals surface area contributed by atoms with Crippen LogP contribution in [0.3, 0.4) is 0 Å². The zero-order valence-electron chi connectivity index (χ0n) is 15.9. The maximum absolute atomic E-state index is 13.6. The zero-order valence-corrected chi connectivity index (χ0v) is 19.0. The van der Waals surface area contributed by atoms with Crippen molar-refractivity contribution >= 4 is 68.0 Å². The molecule has 31 heavy (non-hydrogen) atoms. The Hall–Kier alpha value is -2.67. The van der Waals surface area contributed by atoms with E-state index in [0.717, 1.165) is 20.6 Å². The number of hydrogen-bond acceptors (Lipinski definition) is 4. The van der Waals surface area contributed by atoms with Crippen molar-refractivity contribution in [1.29, 1.82) is 0 Å². The van der Waals surface area contributed by atoms with Gasteiger partial charge in [0.1, 0.15) is 12.0 Å². The smallest absolute Gasteiger partial charge is 0.259 e. The number of carbonyl (C=O) groups is 2. The van der Waals surface area contributed by atoms with Gasteiger partial charge < -0.3 is 0 Å². The SMILES string of the molecule is O=C1[C@@H]2C(c3ccc(Br)cc3)=NN(c3ccccc3)[C@@H]2C(=O)N1c1ccc(Cl)cc1Cl. The highest BCUT2D eigenvalue weighted by molar-refractivity contribution is 9.10. The van der Waals surface area contributed by atoms with Crippen LogP contribution in [0.2, 0.25) is 10.0 Å². The lowest BCUT2D eigenvalue weighted by atomic mass is 9.93. The van der Waals surface area contributed by atoms with Gasteiger partial charge in [0, 0.05) is 9.50 Å². The van der Waals surface area contributed by atoms with E-state index in [-0.39, 0.29) is 16.8 Å². The Morgan fingerprint density at radius 3 is 2.26 bits per heavy atom. The molecular weight excluding hydrogens is 501 g/mol. The molecule has 5 rings (SSSR count). The van der Waals surface area contributed by atoms with Gasteiger partial charge in [0.15, 0.2) is 0 Å². The number of hydrogen-bond donors (Lipinski definition) is 0. The lowest BCUT2D eigenvalue weighted by molar-refractivity contribution is -0.121. The number of carbonyl (C=O) groups excluding carboxylic acids is 2. The van der Waals surface area contributed by atoms with E-state index in [1.54, 1.807) is 17.1 Å². The van der Waals surface area contributed by atoms with Crippen LogP contribution in [-0.4, -0.2) is 23.6 Å². The van der Waals surface area contributed by atoms with E-state index < -0.39 is 12.0 Å². The van der Waals surface area contributed by atoms with Crippen LogP contribution in [0.5, 0.6) is 0 Å². The predicted molar refractivity (Wildman–Crippen MR) is 126 cm³/mol. The molecule has 3 aromatic carbocycles. The van der Waals surface area contributed by atoms with Crippen molar-refractivity contribution in [2.45, 2.75) is 6.04 Å². The van der Waals surface area contributed by atoms with Gasteiger partial charge in [-0.1, -0.05) is 69.5 Å². The fourth-order valence-electron chi connectivity index (χ4n) is 3.97. The van der Waals surface area contributed by atoms with Gasteiger partial charge in [-0.25, -0.2) is 4.90 Å². The van der Waals surface area contributed by atoms with Crippen LogP contribution in [0.1, 0.15) is 5.56 Å². The van der Waals surface area contributed by atoms with Crippen molar-refractivity contribution < 1.29 is 9.59 Å². The summed E-state index contributed by atoms with van der Waals surface area (Å²) in [5.41, 5.74) is 2.38. The summed E-state index contributed by atoms with van der Waals surface area (Å²) in [6.07, 6.45) is 0. The molecule has 8 heteroatoms. The van der Waals surface area contributed by atoms with E-state index in [0.29, 0.717) is 16.4 Å². The Bertz CT molecular complexity index is 1230. The zero-order chi connectivity index (χ0) is 21.7. The first-order valence-electron chi connectivity index (χ1n) is 9.47. The van der Waals surface area contributed by atoms with Gasteiger partial charge in [0.25, 0.3) is 5.91 Å². The van der Waals surface area contributed by atoms with Gasteiger partial charge in [-0.05, 0) is 48.0 Å². The first kappa shape index (κ1) is 20.2. The predicted octanol–water partition coefficient (Wildman–Crippen LogP) is 5.54. The van der Waals surface area contributed by atoms with E-state index in [2.05, 4.69) is 15.9 Å². The van der Waals surface area contributed by atoms with Crippen LogP contribution >= 0.6 is 39.1 Å². The monoisotopic (exact) mass is 513 g/mol. The summed E-state index contributed by atoms with van der Waals surface area (Å²) in [6.45, 7) is 0. The van der Waals surface area contributed by atoms with Crippen molar-refractivity contribution in [3.63, 3.8) is 0 Å². The van der Waals surface area contributed by atoms with Crippen LogP contribution in [-0.2, 0) is 9.59 Å². The summed E-state index contributed by atoms with van der Waals surface area (Å²) in [4.78, 5) is 28.3. The Labute approximate surface area is 197 Å². The fraction of sp³-hybridized carbons (Fsp3) is 0.0870. The Morgan fingerprint density at radius 1 is 0.871 bits per heavy atom. The topological polar surface area (TPSA) is 53.0 Å². The van der Waals surface area contributed by atoms with E-state index >= 15 is 0 Å². The van der Waals surface area contributed by atoms with Crippen LogP contribution in [0.25, 0.3) is 0 Å². The van der Waals surface area contributed by atoms with Crippen molar-refractivity contribution in [3.05, 3.63) is 92.9 Å². The summed E-state index contributed by atoms with van der Waals surface area (Å²) < 4.78 is 0.912. The molecule has 154 valence electrons. The third kappa shape index (κ3) is 3.35. The minimum absolute atomic E-state index is 0.238. The largest absolute Gasteiger partial charge is 0.273 e. The average molecular weight is 515 g/mol. The number of anilines is 2. The molecule has 2 heterocycles. The van der Waals surface area contributed by atoms with E-state index in [9.17, 15) is 9.59 Å². The van der Waals surface area contributed by atoms with Crippen LogP contribution in [0.4, 0.5) is 11.4 Å². The second kappa shape index (κ2) is 7.79. The number of para-hydroxylation sites is 1. The van der Waals surface area contributed by atoms with Gasteiger partial charge in [0.05, 0.1) is 22.1 Å². The highest BCUT2D eigenvalue weighted by Gasteiger charge is 2.57. The first-order chi connectivity index (χ1) is 15.0. The molecule has 0 aromatic heterocycles. The molecule has 0 saturated carbocycles. The number of imide groups is 1. The summed E-state index contributed by atoms with van der Waals surface area (Å²) in [6, 6.07) is 20.8. The minimum atomic E-state index is -0.791. The van der Waals surface area contributed by atoms with E-state index in [1.165, 1.54) is 6.07 Å². The number of amides is 2. The summed E-state index contributed by atoms with van der Waals surface area (Å²) in [5.74, 6) is -1.49. The molecule has 5 nitrogen and oxygen atoms in total. The maximum atomic E-state index is 13.6. The maximum Gasteiger partial charge on any atom is 0.259 e. The molecule has 2 aliphatic heterocycles. The third-order valence-electron chi connectivity index (χ3n) is 5.36. The van der Waals surface area contributed by atoms with Crippen molar-refractivity contribution in [2.24, 2.45) is 11.0 Å². The summed E-state index contributed by atoms with van der Waals surface area (Å²) in [7, 11) is 0. The highest BCUT2D eigenvalue weighted by atomic mass is 79.9. The van der Waals surface area contributed by atoms with Crippen molar-refractivity contribution in [1.82, 2.24) is 0 Å². The summed E-state index contributed by atoms with van der Waals surface area (Å²) >= 11 is 15.8. The number of halogens is 3. The van der Waals surface area contributed by atoms with Crippen LogP contribution < -0.4 is 9.91 Å². The van der Waals surface area contributed by atoms with Crippen molar-refractivity contribution in [3.8, 4) is 0 Å². The fourth-order valence-corrected chi connectivity index (χ4v) is 4.72. The molecule has 1 fully saturated rings. The van der Waals surface area contributed by atoms with Crippen LogP contribution in [0, 0.1) is 5.92 Å². The second-order valence-electron chi connectivity index (χ2n) is 7.20. The number of rotatable bonds is 3. The van der Waals surface area contributed by atoms with E-state index in [1.807, 2.05) is 54.6 Å². The molecule has 2 amide bonds. The molecule has 0 radical (unpaired) electrons. The van der Waals surface area contributed by atoms with Gasteiger partial charge in [-0.3, -0.25) is 14.6 Å². The molecule has 2 aliphatic rings. The molecular formula is C23H14BrCl2N3O2. The average Bonchev–Trinajstić information content (AvgIpc) is 3.27.